The minimum Gasteiger partial charge on any atom is -0.396 e. The molecular formula is C21H35IN4O2. The Bertz CT molecular complexity index is 577. The van der Waals surface area contributed by atoms with Crippen molar-refractivity contribution in [3.63, 3.8) is 0 Å². The van der Waals surface area contributed by atoms with Gasteiger partial charge >= 0.3 is 0 Å². The van der Waals surface area contributed by atoms with Crippen LogP contribution in [0.4, 0.5) is 0 Å². The van der Waals surface area contributed by atoms with E-state index in [1.54, 1.807) is 0 Å². The molecule has 1 aliphatic carbocycles. The topological polar surface area (TPSA) is 85.8 Å². The smallest absolute Gasteiger partial charge is 0.223 e. The fourth-order valence-corrected chi connectivity index (χ4v) is 3.41. The maximum Gasteiger partial charge on any atom is 0.223 e. The lowest BCUT2D eigenvalue weighted by atomic mass is 9.89. The Kier molecular flexibility index (Phi) is 12.9. The summed E-state index contributed by atoms with van der Waals surface area (Å²) in [4.78, 5) is 16.8. The average molecular weight is 502 g/mol. The van der Waals surface area contributed by atoms with Crippen molar-refractivity contribution >= 4 is 35.8 Å². The lowest BCUT2D eigenvalue weighted by Crippen LogP contribution is -2.43. The minimum atomic E-state index is -0.0207. The van der Waals surface area contributed by atoms with Crippen LogP contribution in [0.1, 0.15) is 50.5 Å². The second-order valence-corrected chi connectivity index (χ2v) is 7.06. The van der Waals surface area contributed by atoms with Gasteiger partial charge in [0.15, 0.2) is 5.96 Å². The number of carbonyl (C=O) groups excluding carboxylic acids is 1. The van der Waals surface area contributed by atoms with Crippen molar-refractivity contribution in [2.75, 3.05) is 32.8 Å². The van der Waals surface area contributed by atoms with Crippen LogP contribution in [-0.4, -0.2) is 49.8 Å². The summed E-state index contributed by atoms with van der Waals surface area (Å²) in [6.07, 6.45) is 5.63. The molecule has 1 aromatic rings. The molecule has 1 atom stereocenters. The molecule has 0 saturated heterocycles. The molecule has 0 radical (unpaired) electrons. The third-order valence-corrected chi connectivity index (χ3v) is 5.00. The highest BCUT2D eigenvalue weighted by Crippen LogP contribution is 2.23. The molecule has 7 heteroatoms. The molecule has 28 heavy (non-hydrogen) atoms. The number of hydrogen-bond donors (Lipinski definition) is 4. The van der Waals surface area contributed by atoms with E-state index in [2.05, 4.69) is 20.9 Å². The van der Waals surface area contributed by atoms with Crippen LogP contribution in [0.15, 0.2) is 35.3 Å². The summed E-state index contributed by atoms with van der Waals surface area (Å²) in [5, 5.41) is 19.2. The Morgan fingerprint density at radius 2 is 1.79 bits per heavy atom. The summed E-state index contributed by atoms with van der Waals surface area (Å²) in [5.74, 6) is 1.06. The van der Waals surface area contributed by atoms with Crippen molar-refractivity contribution in [2.24, 2.45) is 10.9 Å². The Labute approximate surface area is 186 Å². The first-order valence-electron chi connectivity index (χ1n) is 10.2. The average Bonchev–Trinajstić information content (AvgIpc) is 2.72. The molecule has 0 heterocycles. The fraction of sp³-hybridized carbons (Fsp3) is 0.619. The summed E-state index contributed by atoms with van der Waals surface area (Å²) in [6, 6.07) is 9.93. The molecule has 6 nitrogen and oxygen atoms in total. The van der Waals surface area contributed by atoms with Gasteiger partial charge < -0.3 is 21.1 Å². The number of benzene rings is 1. The van der Waals surface area contributed by atoms with Gasteiger partial charge in [-0.3, -0.25) is 9.79 Å². The first-order chi connectivity index (χ1) is 13.2. The van der Waals surface area contributed by atoms with E-state index in [-0.39, 0.29) is 48.3 Å². The van der Waals surface area contributed by atoms with Gasteiger partial charge in [0.1, 0.15) is 0 Å². The molecular weight excluding hydrogens is 467 g/mol. The van der Waals surface area contributed by atoms with Gasteiger partial charge in [-0.05, 0) is 25.3 Å². The van der Waals surface area contributed by atoms with Gasteiger partial charge in [-0.25, -0.2) is 0 Å². The van der Waals surface area contributed by atoms with Gasteiger partial charge in [-0.15, -0.1) is 24.0 Å². The molecule has 158 valence electrons. The molecule has 1 aliphatic rings. The Morgan fingerprint density at radius 1 is 1.11 bits per heavy atom. The monoisotopic (exact) mass is 502 g/mol. The molecule has 2 rings (SSSR count). The van der Waals surface area contributed by atoms with Gasteiger partial charge in [0.05, 0.1) is 13.2 Å². The Morgan fingerprint density at radius 3 is 2.43 bits per heavy atom. The number of rotatable bonds is 9. The molecule has 1 fully saturated rings. The minimum absolute atomic E-state index is 0. The zero-order valence-electron chi connectivity index (χ0n) is 16.8. The third-order valence-electron chi connectivity index (χ3n) is 5.00. The van der Waals surface area contributed by atoms with E-state index in [1.165, 1.54) is 19.3 Å². The van der Waals surface area contributed by atoms with Crippen molar-refractivity contribution in [3.8, 4) is 0 Å². The van der Waals surface area contributed by atoms with E-state index < -0.39 is 0 Å². The first kappa shape index (κ1) is 24.7. The largest absolute Gasteiger partial charge is 0.396 e. The number of aliphatic hydroxyl groups excluding tert-OH is 1. The SMILES string of the molecule is CCNC(=NCC(CO)c1ccccc1)NCCNC(=O)C1CCCCC1.I. The maximum absolute atomic E-state index is 12.2. The van der Waals surface area contributed by atoms with Crippen molar-refractivity contribution in [1.82, 2.24) is 16.0 Å². The molecule has 1 amide bonds. The number of aliphatic hydroxyl groups is 1. The summed E-state index contributed by atoms with van der Waals surface area (Å²) in [6.45, 7) is 4.55. The van der Waals surface area contributed by atoms with Crippen LogP contribution >= 0.6 is 24.0 Å². The highest BCUT2D eigenvalue weighted by Gasteiger charge is 2.20. The lowest BCUT2D eigenvalue weighted by Gasteiger charge is -2.21. The summed E-state index contributed by atoms with van der Waals surface area (Å²) in [5.41, 5.74) is 1.08. The summed E-state index contributed by atoms with van der Waals surface area (Å²) >= 11 is 0. The van der Waals surface area contributed by atoms with E-state index in [4.69, 9.17) is 0 Å². The predicted molar refractivity (Wildman–Crippen MR) is 125 cm³/mol. The number of guanidine groups is 1. The van der Waals surface area contributed by atoms with Crippen LogP contribution in [0.3, 0.4) is 0 Å². The van der Waals surface area contributed by atoms with E-state index in [1.807, 2.05) is 37.3 Å². The predicted octanol–water partition coefficient (Wildman–Crippen LogP) is 2.63. The van der Waals surface area contributed by atoms with E-state index in [0.717, 1.165) is 24.9 Å². The number of halogens is 1. The van der Waals surface area contributed by atoms with Gasteiger partial charge in [-0.2, -0.15) is 0 Å². The number of carbonyl (C=O) groups is 1. The van der Waals surface area contributed by atoms with Crippen LogP contribution < -0.4 is 16.0 Å². The Balaban J connectivity index is 0.00000392. The van der Waals surface area contributed by atoms with Crippen molar-refractivity contribution in [3.05, 3.63) is 35.9 Å². The molecule has 0 aliphatic heterocycles. The van der Waals surface area contributed by atoms with Crippen LogP contribution in [0.25, 0.3) is 0 Å². The highest BCUT2D eigenvalue weighted by molar-refractivity contribution is 14.0. The second-order valence-electron chi connectivity index (χ2n) is 7.06. The van der Waals surface area contributed by atoms with Crippen LogP contribution in [0, 0.1) is 5.92 Å². The standard InChI is InChI=1S/C21H34N4O2.HI/c1-2-22-21(25-15-19(16-26)17-9-5-3-6-10-17)24-14-13-23-20(27)18-11-7-4-8-12-18;/h3,5-6,9-10,18-19,26H,2,4,7-8,11-16H2,1H3,(H,23,27)(H2,22,24,25);1H. The quantitative estimate of drug-likeness (QED) is 0.181. The fourth-order valence-electron chi connectivity index (χ4n) is 3.41. The van der Waals surface area contributed by atoms with Crippen molar-refractivity contribution in [1.29, 1.82) is 0 Å². The van der Waals surface area contributed by atoms with Crippen LogP contribution in [-0.2, 0) is 4.79 Å². The zero-order valence-corrected chi connectivity index (χ0v) is 19.2. The van der Waals surface area contributed by atoms with Gasteiger partial charge in [-0.1, -0.05) is 49.6 Å². The highest BCUT2D eigenvalue weighted by atomic mass is 127. The van der Waals surface area contributed by atoms with Gasteiger partial charge in [0.2, 0.25) is 5.91 Å². The molecule has 4 N–H and O–H groups in total. The number of aliphatic imine (C=N–C) groups is 1. The van der Waals surface area contributed by atoms with E-state index >= 15 is 0 Å². The zero-order chi connectivity index (χ0) is 19.3. The summed E-state index contributed by atoms with van der Waals surface area (Å²) in [7, 11) is 0. The second kappa shape index (κ2) is 14.6. The van der Waals surface area contributed by atoms with Crippen LogP contribution in [0.2, 0.25) is 0 Å². The number of nitrogens with zero attached hydrogens (tertiary/aromatic N) is 1. The van der Waals surface area contributed by atoms with Gasteiger partial charge in [0.25, 0.3) is 0 Å². The van der Waals surface area contributed by atoms with Crippen molar-refractivity contribution < 1.29 is 9.90 Å². The molecule has 0 bridgehead atoms. The molecule has 1 aromatic carbocycles. The van der Waals surface area contributed by atoms with E-state index in [9.17, 15) is 9.90 Å². The molecule has 0 aromatic heterocycles. The van der Waals surface area contributed by atoms with Crippen LogP contribution in [0.5, 0.6) is 0 Å². The molecule has 1 unspecified atom stereocenters. The third kappa shape index (κ3) is 8.77. The van der Waals surface area contributed by atoms with Gasteiger partial charge in [0, 0.05) is 31.5 Å². The first-order valence-corrected chi connectivity index (χ1v) is 10.2. The Hall–Kier alpha value is -1.35. The molecule has 0 spiro atoms. The van der Waals surface area contributed by atoms with E-state index in [0.29, 0.717) is 25.6 Å². The normalized spacial score (nSPS) is 16.0. The van der Waals surface area contributed by atoms with Crippen molar-refractivity contribution in [2.45, 2.75) is 44.9 Å². The maximum atomic E-state index is 12.2. The number of nitrogens with one attached hydrogen (secondary N) is 3. The molecule has 1 saturated carbocycles. The lowest BCUT2D eigenvalue weighted by molar-refractivity contribution is -0.125. The summed E-state index contributed by atoms with van der Waals surface area (Å²) < 4.78 is 0. The number of amides is 1. The number of hydrogen-bond acceptors (Lipinski definition) is 3.